The van der Waals surface area contributed by atoms with Gasteiger partial charge in [0, 0.05) is 0 Å². The lowest BCUT2D eigenvalue weighted by atomic mass is 10.5. The highest BCUT2D eigenvalue weighted by atomic mass is 79.9. The maximum atomic E-state index is 11.1. The second kappa shape index (κ2) is 4.20. The molecule has 1 rings (SSSR count). The maximum absolute atomic E-state index is 11.1. The van der Waals surface area contributed by atoms with Crippen LogP contribution in [0.2, 0.25) is 5.15 Å². The molecule has 0 N–H and O–H groups in total. The van der Waals surface area contributed by atoms with Gasteiger partial charge in [0.05, 0.1) is 6.61 Å². The van der Waals surface area contributed by atoms with Gasteiger partial charge in [-0.25, -0.2) is 9.78 Å². The van der Waals surface area contributed by atoms with Crippen molar-refractivity contribution in [1.82, 2.24) is 4.98 Å². The first-order valence-corrected chi connectivity index (χ1v) is 5.12. The summed E-state index contributed by atoms with van der Waals surface area (Å²) in [6.45, 7) is 2.08. The highest BCUT2D eigenvalue weighted by Crippen LogP contribution is 2.27. The summed E-state index contributed by atoms with van der Waals surface area (Å²) in [7, 11) is 0. The monoisotopic (exact) mass is 269 g/mol. The Hall–Kier alpha value is -0.130. The number of ether oxygens (including phenoxy) is 1. The molecule has 0 bridgehead atoms. The SMILES string of the molecule is CCOC(=O)c1sc(Br)nc1Cl. The molecule has 66 valence electrons. The maximum Gasteiger partial charge on any atom is 0.351 e. The van der Waals surface area contributed by atoms with Crippen LogP contribution in [0.3, 0.4) is 0 Å². The number of hydrogen-bond donors (Lipinski definition) is 0. The Labute approximate surface area is 86.8 Å². The second-order valence-corrected chi connectivity index (χ2v) is 4.44. The molecule has 0 atom stereocenters. The summed E-state index contributed by atoms with van der Waals surface area (Å²) in [6.07, 6.45) is 0. The van der Waals surface area contributed by atoms with Gasteiger partial charge in [0.15, 0.2) is 13.9 Å². The largest absolute Gasteiger partial charge is 0.462 e. The minimum atomic E-state index is -0.425. The Kier molecular flexibility index (Phi) is 3.49. The molecular formula is C6H5BrClNO2S. The van der Waals surface area contributed by atoms with Crippen molar-refractivity contribution in [2.24, 2.45) is 0 Å². The summed E-state index contributed by atoms with van der Waals surface area (Å²) in [5, 5.41) is 0.185. The van der Waals surface area contributed by atoms with Gasteiger partial charge in [-0.3, -0.25) is 0 Å². The molecule has 0 saturated carbocycles. The number of halogens is 2. The van der Waals surface area contributed by atoms with Crippen molar-refractivity contribution in [3.63, 3.8) is 0 Å². The van der Waals surface area contributed by atoms with Gasteiger partial charge in [0.1, 0.15) is 0 Å². The molecule has 0 aliphatic carbocycles. The normalized spacial score (nSPS) is 9.92. The van der Waals surface area contributed by atoms with E-state index in [2.05, 4.69) is 20.9 Å². The van der Waals surface area contributed by atoms with Gasteiger partial charge in [-0.2, -0.15) is 0 Å². The standard InChI is InChI=1S/C6H5BrClNO2S/c1-2-11-5(10)3-4(8)9-6(7)12-3/h2H2,1H3. The highest BCUT2D eigenvalue weighted by molar-refractivity contribution is 9.11. The quantitative estimate of drug-likeness (QED) is 0.776. The first kappa shape index (κ1) is 9.95. The topological polar surface area (TPSA) is 39.2 Å². The minimum absolute atomic E-state index is 0.185. The Bertz CT molecular complexity index is 302. The van der Waals surface area contributed by atoms with E-state index in [4.69, 9.17) is 16.3 Å². The van der Waals surface area contributed by atoms with E-state index >= 15 is 0 Å². The van der Waals surface area contributed by atoms with Gasteiger partial charge >= 0.3 is 5.97 Å². The molecule has 0 saturated heterocycles. The van der Waals surface area contributed by atoms with E-state index in [1.807, 2.05) is 0 Å². The third kappa shape index (κ3) is 2.18. The van der Waals surface area contributed by atoms with Gasteiger partial charge < -0.3 is 4.74 Å². The van der Waals surface area contributed by atoms with Crippen molar-refractivity contribution in [3.8, 4) is 0 Å². The predicted octanol–water partition coefficient (Wildman–Crippen LogP) is 2.74. The fraction of sp³-hybridized carbons (Fsp3) is 0.333. The molecule has 0 fully saturated rings. The molecule has 6 heteroatoms. The van der Waals surface area contributed by atoms with Crippen molar-refractivity contribution >= 4 is 44.8 Å². The average Bonchev–Trinajstić information content (AvgIpc) is 2.30. The summed E-state index contributed by atoms with van der Waals surface area (Å²) in [5.41, 5.74) is 0. The Morgan fingerprint density at radius 2 is 2.50 bits per heavy atom. The van der Waals surface area contributed by atoms with Crippen molar-refractivity contribution in [1.29, 1.82) is 0 Å². The third-order valence-corrected chi connectivity index (χ3v) is 2.89. The fourth-order valence-corrected chi connectivity index (χ4v) is 2.27. The predicted molar refractivity (Wildman–Crippen MR) is 50.8 cm³/mol. The molecule has 0 unspecified atom stereocenters. The molecule has 0 aliphatic heterocycles. The summed E-state index contributed by atoms with van der Waals surface area (Å²) in [5.74, 6) is -0.425. The van der Waals surface area contributed by atoms with Crippen LogP contribution in [-0.2, 0) is 4.74 Å². The van der Waals surface area contributed by atoms with Gasteiger partial charge in [0.2, 0.25) is 0 Å². The number of hydrogen-bond acceptors (Lipinski definition) is 4. The summed E-state index contributed by atoms with van der Waals surface area (Å²) >= 11 is 9.92. The van der Waals surface area contributed by atoms with Crippen LogP contribution in [0.4, 0.5) is 0 Å². The van der Waals surface area contributed by atoms with Crippen LogP contribution < -0.4 is 0 Å². The van der Waals surface area contributed by atoms with Crippen LogP contribution in [0.15, 0.2) is 3.92 Å². The molecule has 0 radical (unpaired) electrons. The van der Waals surface area contributed by atoms with E-state index in [1.165, 1.54) is 0 Å². The Morgan fingerprint density at radius 3 is 2.92 bits per heavy atom. The Morgan fingerprint density at radius 1 is 1.83 bits per heavy atom. The number of nitrogens with zero attached hydrogens (tertiary/aromatic N) is 1. The number of aromatic nitrogens is 1. The van der Waals surface area contributed by atoms with E-state index in [0.717, 1.165) is 11.3 Å². The molecular weight excluding hydrogens is 265 g/mol. The van der Waals surface area contributed by atoms with Crippen LogP contribution in [0, 0.1) is 0 Å². The van der Waals surface area contributed by atoms with E-state index in [9.17, 15) is 4.79 Å². The lowest BCUT2D eigenvalue weighted by Crippen LogP contribution is -2.02. The molecule has 0 amide bonds. The zero-order chi connectivity index (χ0) is 9.14. The van der Waals surface area contributed by atoms with Crippen molar-refractivity contribution in [2.45, 2.75) is 6.92 Å². The number of rotatable bonds is 2. The summed E-state index contributed by atoms with van der Waals surface area (Å²) in [4.78, 5) is 15.3. The zero-order valence-electron chi connectivity index (χ0n) is 6.13. The molecule has 0 spiro atoms. The van der Waals surface area contributed by atoms with E-state index in [0.29, 0.717) is 15.4 Å². The molecule has 3 nitrogen and oxygen atoms in total. The van der Waals surface area contributed by atoms with E-state index < -0.39 is 5.97 Å². The zero-order valence-corrected chi connectivity index (χ0v) is 9.29. The number of carbonyl (C=O) groups is 1. The molecule has 1 aromatic rings. The number of esters is 1. The molecule has 12 heavy (non-hydrogen) atoms. The number of thiazole rings is 1. The molecule has 1 aromatic heterocycles. The van der Waals surface area contributed by atoms with Crippen LogP contribution in [0.25, 0.3) is 0 Å². The molecule has 0 aliphatic rings. The van der Waals surface area contributed by atoms with E-state index in [-0.39, 0.29) is 5.15 Å². The van der Waals surface area contributed by atoms with Crippen LogP contribution in [0.1, 0.15) is 16.6 Å². The summed E-state index contributed by atoms with van der Waals surface area (Å²) < 4.78 is 5.33. The fourth-order valence-electron chi connectivity index (χ4n) is 0.600. The lowest BCUT2D eigenvalue weighted by Gasteiger charge is -1.96. The number of carbonyl (C=O) groups excluding carboxylic acids is 1. The van der Waals surface area contributed by atoms with Crippen molar-refractivity contribution < 1.29 is 9.53 Å². The average molecular weight is 271 g/mol. The van der Waals surface area contributed by atoms with Crippen LogP contribution in [0.5, 0.6) is 0 Å². The smallest absolute Gasteiger partial charge is 0.351 e. The minimum Gasteiger partial charge on any atom is -0.462 e. The lowest BCUT2D eigenvalue weighted by molar-refractivity contribution is 0.0532. The van der Waals surface area contributed by atoms with Crippen molar-refractivity contribution in [3.05, 3.63) is 13.9 Å². The molecule has 1 heterocycles. The van der Waals surface area contributed by atoms with Crippen molar-refractivity contribution in [2.75, 3.05) is 6.61 Å². The first-order chi connectivity index (χ1) is 5.65. The first-order valence-electron chi connectivity index (χ1n) is 3.14. The van der Waals surface area contributed by atoms with Gasteiger partial charge in [-0.15, -0.1) is 0 Å². The van der Waals surface area contributed by atoms with Crippen LogP contribution >= 0.6 is 38.9 Å². The third-order valence-electron chi connectivity index (χ3n) is 1.02. The van der Waals surface area contributed by atoms with E-state index in [1.54, 1.807) is 6.92 Å². The highest BCUT2D eigenvalue weighted by Gasteiger charge is 2.16. The van der Waals surface area contributed by atoms with Gasteiger partial charge in [-0.05, 0) is 22.9 Å². The van der Waals surface area contributed by atoms with Gasteiger partial charge in [0.25, 0.3) is 0 Å². The van der Waals surface area contributed by atoms with Crippen LogP contribution in [-0.4, -0.2) is 17.6 Å². The summed E-state index contributed by atoms with van der Waals surface area (Å²) in [6, 6.07) is 0. The second-order valence-electron chi connectivity index (χ2n) is 1.81. The Balaban J connectivity index is 2.87. The molecule has 0 aromatic carbocycles. The van der Waals surface area contributed by atoms with Gasteiger partial charge in [-0.1, -0.05) is 22.9 Å².